The highest BCUT2D eigenvalue weighted by Gasteiger charge is 2.31. The number of ether oxygens (including phenoxy) is 1. The molecule has 1 fully saturated rings. The summed E-state index contributed by atoms with van der Waals surface area (Å²) in [6.07, 6.45) is -4.29. The zero-order valence-electron chi connectivity index (χ0n) is 15.3. The van der Waals surface area contributed by atoms with Crippen LogP contribution in [0.5, 0.6) is 5.75 Å². The van der Waals surface area contributed by atoms with Crippen LogP contribution < -0.4 is 9.64 Å². The molecule has 2 aromatic rings. The van der Waals surface area contributed by atoms with E-state index in [9.17, 15) is 26.7 Å². The number of anilines is 1. The maximum Gasteiger partial charge on any atom is 0.416 e. The number of piperazine rings is 1. The lowest BCUT2D eigenvalue weighted by Gasteiger charge is -2.36. The number of hydrogen-bond acceptors (Lipinski definition) is 3. The Bertz CT molecular complexity index is 832. The summed E-state index contributed by atoms with van der Waals surface area (Å²) in [6, 6.07) is 11.0. The second-order valence-electron chi connectivity index (χ2n) is 6.62. The van der Waals surface area contributed by atoms with Gasteiger partial charge in [-0.05, 0) is 35.9 Å². The van der Waals surface area contributed by atoms with Gasteiger partial charge in [0.05, 0.1) is 12.0 Å². The maximum absolute atomic E-state index is 12.9. The zero-order chi connectivity index (χ0) is 21.0. The van der Waals surface area contributed by atoms with Crippen molar-refractivity contribution in [2.24, 2.45) is 0 Å². The summed E-state index contributed by atoms with van der Waals surface area (Å²) >= 11 is 0. The molecule has 0 atom stereocenters. The summed E-state index contributed by atoms with van der Waals surface area (Å²) in [7, 11) is 0. The monoisotopic (exact) mass is 414 g/mol. The SMILES string of the molecule is O=C(Cc1ccc(OC(F)F)cc1)N1CCN(c2cccc(C(F)(F)F)c2)CC1. The Labute approximate surface area is 164 Å². The van der Waals surface area contributed by atoms with Gasteiger partial charge in [-0.1, -0.05) is 18.2 Å². The Kier molecular flexibility index (Phi) is 6.24. The summed E-state index contributed by atoms with van der Waals surface area (Å²) in [5, 5.41) is 0. The summed E-state index contributed by atoms with van der Waals surface area (Å²) in [6.45, 7) is -1.28. The normalized spacial score (nSPS) is 15.0. The summed E-state index contributed by atoms with van der Waals surface area (Å²) in [5.74, 6) is -0.109. The number of amides is 1. The topological polar surface area (TPSA) is 32.8 Å². The Morgan fingerprint density at radius 2 is 1.66 bits per heavy atom. The van der Waals surface area contributed by atoms with Crippen LogP contribution in [0.15, 0.2) is 48.5 Å². The minimum Gasteiger partial charge on any atom is -0.435 e. The molecule has 0 aromatic heterocycles. The van der Waals surface area contributed by atoms with E-state index in [0.29, 0.717) is 37.4 Å². The van der Waals surface area contributed by atoms with Crippen LogP contribution in [0.4, 0.5) is 27.6 Å². The first-order valence-electron chi connectivity index (χ1n) is 8.96. The first-order chi connectivity index (χ1) is 13.7. The lowest BCUT2D eigenvalue weighted by Crippen LogP contribution is -2.49. The Hall–Kier alpha value is -2.84. The molecule has 4 nitrogen and oxygen atoms in total. The summed E-state index contributed by atoms with van der Waals surface area (Å²) < 4.78 is 67.2. The molecule has 0 saturated carbocycles. The summed E-state index contributed by atoms with van der Waals surface area (Å²) in [4.78, 5) is 15.9. The van der Waals surface area contributed by atoms with Gasteiger partial charge in [0.1, 0.15) is 5.75 Å². The molecule has 1 aliphatic rings. The lowest BCUT2D eigenvalue weighted by atomic mass is 10.1. The smallest absolute Gasteiger partial charge is 0.416 e. The third-order valence-corrected chi connectivity index (χ3v) is 4.67. The third-order valence-electron chi connectivity index (χ3n) is 4.67. The second kappa shape index (κ2) is 8.67. The molecule has 2 aromatic carbocycles. The second-order valence-corrected chi connectivity index (χ2v) is 6.62. The highest BCUT2D eigenvalue weighted by Crippen LogP contribution is 2.31. The number of hydrogen-bond donors (Lipinski definition) is 0. The number of alkyl halides is 5. The molecule has 1 amide bonds. The van der Waals surface area contributed by atoms with E-state index < -0.39 is 18.4 Å². The molecule has 0 bridgehead atoms. The molecular formula is C20H19F5N2O2. The van der Waals surface area contributed by atoms with Crippen LogP contribution >= 0.6 is 0 Å². The molecule has 1 heterocycles. The maximum atomic E-state index is 12.9. The Morgan fingerprint density at radius 1 is 1.00 bits per heavy atom. The van der Waals surface area contributed by atoms with Gasteiger partial charge in [0.2, 0.25) is 5.91 Å². The van der Waals surface area contributed by atoms with Crippen molar-refractivity contribution < 1.29 is 31.5 Å². The predicted molar refractivity (Wildman–Crippen MR) is 97.0 cm³/mol. The third kappa shape index (κ3) is 5.58. The molecule has 0 unspecified atom stereocenters. The Morgan fingerprint density at radius 3 is 2.24 bits per heavy atom. The van der Waals surface area contributed by atoms with Gasteiger partial charge in [0.15, 0.2) is 0 Å². The lowest BCUT2D eigenvalue weighted by molar-refractivity contribution is -0.137. The van der Waals surface area contributed by atoms with Gasteiger partial charge >= 0.3 is 12.8 Å². The van der Waals surface area contributed by atoms with Gasteiger partial charge < -0.3 is 14.5 Å². The number of carbonyl (C=O) groups is 1. The van der Waals surface area contributed by atoms with Gasteiger partial charge in [-0.15, -0.1) is 0 Å². The van der Waals surface area contributed by atoms with Crippen molar-refractivity contribution in [3.05, 3.63) is 59.7 Å². The quantitative estimate of drug-likeness (QED) is 0.688. The largest absolute Gasteiger partial charge is 0.435 e. The van der Waals surface area contributed by atoms with Crippen molar-refractivity contribution in [1.82, 2.24) is 4.90 Å². The predicted octanol–water partition coefficient (Wildman–Crippen LogP) is 4.20. The van der Waals surface area contributed by atoms with Crippen LogP contribution in [-0.4, -0.2) is 43.6 Å². The molecule has 0 radical (unpaired) electrons. The molecular weight excluding hydrogens is 395 g/mol. The molecule has 3 rings (SSSR count). The average molecular weight is 414 g/mol. The fourth-order valence-electron chi connectivity index (χ4n) is 3.17. The molecule has 0 spiro atoms. The van der Waals surface area contributed by atoms with Crippen LogP contribution in [0.25, 0.3) is 0 Å². The Balaban J connectivity index is 1.54. The fraction of sp³-hybridized carbons (Fsp3) is 0.350. The first-order valence-corrected chi connectivity index (χ1v) is 8.96. The van der Waals surface area contributed by atoms with Crippen molar-refractivity contribution in [3.63, 3.8) is 0 Å². The van der Waals surface area contributed by atoms with Gasteiger partial charge in [0, 0.05) is 31.9 Å². The number of carbonyl (C=O) groups excluding carboxylic acids is 1. The molecule has 156 valence electrons. The highest BCUT2D eigenvalue weighted by molar-refractivity contribution is 5.79. The minimum absolute atomic E-state index is 0.0194. The van der Waals surface area contributed by atoms with Crippen molar-refractivity contribution in [2.45, 2.75) is 19.2 Å². The van der Waals surface area contributed by atoms with Crippen molar-refractivity contribution in [2.75, 3.05) is 31.1 Å². The van der Waals surface area contributed by atoms with E-state index >= 15 is 0 Å². The molecule has 29 heavy (non-hydrogen) atoms. The average Bonchev–Trinajstić information content (AvgIpc) is 2.69. The van der Waals surface area contributed by atoms with Gasteiger partial charge in [0.25, 0.3) is 0 Å². The standard InChI is InChI=1S/C20H19F5N2O2/c21-19(22)29-17-6-4-14(5-7-17)12-18(28)27-10-8-26(9-11-27)16-3-1-2-15(13-16)20(23,24)25/h1-7,13,19H,8-12H2. The van der Waals surface area contributed by atoms with E-state index in [1.165, 1.54) is 18.2 Å². The van der Waals surface area contributed by atoms with Crippen molar-refractivity contribution >= 4 is 11.6 Å². The van der Waals surface area contributed by atoms with E-state index in [1.807, 2.05) is 4.90 Å². The highest BCUT2D eigenvalue weighted by atomic mass is 19.4. The van der Waals surface area contributed by atoms with E-state index in [4.69, 9.17) is 0 Å². The van der Waals surface area contributed by atoms with Gasteiger partial charge in [-0.3, -0.25) is 4.79 Å². The van der Waals surface area contributed by atoms with E-state index in [-0.39, 0.29) is 18.1 Å². The van der Waals surface area contributed by atoms with E-state index in [2.05, 4.69) is 4.74 Å². The zero-order valence-corrected chi connectivity index (χ0v) is 15.3. The molecule has 0 N–H and O–H groups in total. The minimum atomic E-state index is -4.40. The number of nitrogens with zero attached hydrogens (tertiary/aromatic N) is 2. The fourth-order valence-corrected chi connectivity index (χ4v) is 3.17. The van der Waals surface area contributed by atoms with E-state index in [0.717, 1.165) is 12.1 Å². The van der Waals surface area contributed by atoms with Crippen LogP contribution in [0.2, 0.25) is 0 Å². The van der Waals surface area contributed by atoms with Gasteiger partial charge in [-0.25, -0.2) is 0 Å². The number of halogens is 5. The number of rotatable bonds is 5. The summed E-state index contributed by atoms with van der Waals surface area (Å²) in [5.41, 5.74) is 0.436. The molecule has 0 aliphatic carbocycles. The first kappa shape index (κ1) is 20.9. The molecule has 1 aliphatic heterocycles. The van der Waals surface area contributed by atoms with Crippen LogP contribution in [0.1, 0.15) is 11.1 Å². The van der Waals surface area contributed by atoms with Crippen LogP contribution in [0.3, 0.4) is 0 Å². The van der Waals surface area contributed by atoms with Crippen LogP contribution in [0, 0.1) is 0 Å². The van der Waals surface area contributed by atoms with Crippen LogP contribution in [-0.2, 0) is 17.4 Å². The van der Waals surface area contributed by atoms with Crippen molar-refractivity contribution in [3.8, 4) is 5.75 Å². The van der Waals surface area contributed by atoms with Gasteiger partial charge in [-0.2, -0.15) is 22.0 Å². The van der Waals surface area contributed by atoms with E-state index in [1.54, 1.807) is 23.1 Å². The number of benzene rings is 2. The molecule has 1 saturated heterocycles. The van der Waals surface area contributed by atoms with Crippen molar-refractivity contribution in [1.29, 1.82) is 0 Å². The molecule has 9 heteroatoms.